The van der Waals surface area contributed by atoms with Crippen molar-refractivity contribution < 1.29 is 29.7 Å². The summed E-state index contributed by atoms with van der Waals surface area (Å²) in [5, 5.41) is 20.2. The number of rotatable bonds is 1. The van der Waals surface area contributed by atoms with Gasteiger partial charge in [0, 0.05) is 19.5 Å². The number of hydrogen-bond acceptors (Lipinski definition) is 4. The van der Waals surface area contributed by atoms with Gasteiger partial charge in [0.2, 0.25) is 0 Å². The zero-order valence-corrected chi connectivity index (χ0v) is 13.3. The van der Waals surface area contributed by atoms with E-state index in [1.54, 1.807) is 24.3 Å². The van der Waals surface area contributed by atoms with Crippen LogP contribution in [0, 0.1) is 0 Å². The van der Waals surface area contributed by atoms with Crippen LogP contribution >= 0.6 is 11.3 Å². The number of aromatic nitrogens is 1. The molecular weight excluding hydrogens is 300 g/mol. The van der Waals surface area contributed by atoms with Crippen molar-refractivity contribution >= 4 is 21.6 Å². The molecule has 0 spiro atoms. The number of para-hydroxylation sites is 2. The normalized spacial score (nSPS) is 10.2. The van der Waals surface area contributed by atoms with E-state index < -0.39 is 0 Å². The fraction of sp³-hybridized carbons (Fsp3) is 0. The van der Waals surface area contributed by atoms with Crippen LogP contribution in [0.25, 0.3) is 20.8 Å². The van der Waals surface area contributed by atoms with E-state index in [9.17, 15) is 10.2 Å². The summed E-state index contributed by atoms with van der Waals surface area (Å²) >= 11 is 1.45. The molecule has 0 aliphatic rings. The van der Waals surface area contributed by atoms with Crippen LogP contribution in [0.2, 0.25) is 0 Å². The first kappa shape index (κ1) is 13.0. The molecule has 0 saturated heterocycles. The summed E-state index contributed by atoms with van der Waals surface area (Å²) in [5.74, 6) is 0.367. The van der Waals surface area contributed by atoms with E-state index in [1.807, 2.05) is 18.2 Å². The molecule has 0 radical (unpaired) electrons. The van der Waals surface area contributed by atoms with E-state index in [2.05, 4.69) is 4.98 Å². The maximum absolute atomic E-state index is 9.76. The Hall–Kier alpha value is -1.45. The minimum Gasteiger partial charge on any atom is -0.507 e. The molecule has 86 valence electrons. The first-order valence-corrected chi connectivity index (χ1v) is 5.94. The Balaban J connectivity index is 0.00000120. The summed E-state index contributed by atoms with van der Waals surface area (Å²) in [6.07, 6.45) is 0. The summed E-state index contributed by atoms with van der Waals surface area (Å²) in [6, 6.07) is 12.3. The smallest absolute Gasteiger partial charge is 0.142 e. The molecule has 2 aromatic carbocycles. The van der Waals surface area contributed by atoms with E-state index in [4.69, 9.17) is 0 Å². The van der Waals surface area contributed by atoms with Crippen molar-refractivity contribution in [2.24, 2.45) is 0 Å². The van der Waals surface area contributed by atoms with Crippen molar-refractivity contribution in [3.63, 3.8) is 0 Å². The summed E-state index contributed by atoms with van der Waals surface area (Å²) in [4.78, 5) is 4.35. The number of phenolic OH excluding ortho intramolecular Hbond substituents is 2. The standard InChI is InChI=1S/C13H9NO2S.Zn/c15-9-5-2-1-4-8(9)13-14-12-10(16)6-3-7-11(12)17-13;/h1-7,15-16H;. The Labute approximate surface area is 121 Å². The van der Waals surface area contributed by atoms with Crippen LogP contribution < -0.4 is 0 Å². The van der Waals surface area contributed by atoms with Crippen molar-refractivity contribution in [1.29, 1.82) is 0 Å². The van der Waals surface area contributed by atoms with Gasteiger partial charge in [-0.2, -0.15) is 0 Å². The number of phenols is 2. The van der Waals surface area contributed by atoms with Crippen molar-refractivity contribution in [3.8, 4) is 22.1 Å². The van der Waals surface area contributed by atoms with E-state index in [1.165, 1.54) is 11.3 Å². The number of nitrogens with zero attached hydrogens (tertiary/aromatic N) is 1. The number of hydrogen-bond donors (Lipinski definition) is 2. The fourth-order valence-electron chi connectivity index (χ4n) is 1.70. The molecule has 0 fully saturated rings. The second-order valence-corrected chi connectivity index (χ2v) is 4.69. The van der Waals surface area contributed by atoms with Crippen molar-refractivity contribution in [2.75, 3.05) is 0 Å². The zero-order chi connectivity index (χ0) is 11.8. The van der Waals surface area contributed by atoms with E-state index >= 15 is 0 Å². The van der Waals surface area contributed by atoms with E-state index in [-0.39, 0.29) is 31.0 Å². The Kier molecular flexibility index (Phi) is 3.64. The van der Waals surface area contributed by atoms with E-state index in [0.29, 0.717) is 16.1 Å². The van der Waals surface area contributed by atoms with Gasteiger partial charge < -0.3 is 10.2 Å². The fourth-order valence-corrected chi connectivity index (χ4v) is 2.72. The van der Waals surface area contributed by atoms with Crippen LogP contribution in [0.5, 0.6) is 11.5 Å². The SMILES string of the molecule is Oc1ccccc1-c1nc2c(O)cccc2s1.[Zn]. The third kappa shape index (κ3) is 2.11. The maximum atomic E-state index is 9.76. The van der Waals surface area contributed by atoms with Gasteiger partial charge in [0.25, 0.3) is 0 Å². The van der Waals surface area contributed by atoms with Crippen LogP contribution in [-0.2, 0) is 19.5 Å². The molecule has 3 rings (SSSR count). The largest absolute Gasteiger partial charge is 0.507 e. The summed E-state index contributed by atoms with van der Waals surface area (Å²) in [6.45, 7) is 0. The number of aromatic hydroxyl groups is 2. The topological polar surface area (TPSA) is 53.4 Å². The molecule has 3 aromatic rings. The predicted octanol–water partition coefficient (Wildman–Crippen LogP) is 3.37. The number of benzene rings is 2. The predicted molar refractivity (Wildman–Crippen MR) is 68.4 cm³/mol. The minimum absolute atomic E-state index is 0. The van der Waals surface area contributed by atoms with Crippen LogP contribution in [0.3, 0.4) is 0 Å². The maximum Gasteiger partial charge on any atom is 0.142 e. The molecule has 1 aromatic heterocycles. The van der Waals surface area contributed by atoms with Crippen molar-refractivity contribution in [3.05, 3.63) is 42.5 Å². The third-order valence-electron chi connectivity index (χ3n) is 2.53. The number of thiazole rings is 1. The second-order valence-electron chi connectivity index (χ2n) is 3.66. The molecule has 0 bridgehead atoms. The molecule has 18 heavy (non-hydrogen) atoms. The average molecular weight is 309 g/mol. The molecule has 2 N–H and O–H groups in total. The van der Waals surface area contributed by atoms with Gasteiger partial charge in [-0.3, -0.25) is 0 Å². The van der Waals surface area contributed by atoms with Gasteiger partial charge in [-0.15, -0.1) is 11.3 Å². The number of fused-ring (bicyclic) bond motifs is 1. The third-order valence-corrected chi connectivity index (χ3v) is 3.59. The molecule has 0 aliphatic carbocycles. The van der Waals surface area contributed by atoms with Crippen molar-refractivity contribution in [2.45, 2.75) is 0 Å². The van der Waals surface area contributed by atoms with Crippen LogP contribution in [0.15, 0.2) is 42.5 Å². The summed E-state index contributed by atoms with van der Waals surface area (Å²) in [7, 11) is 0. The molecule has 3 nitrogen and oxygen atoms in total. The van der Waals surface area contributed by atoms with E-state index in [0.717, 1.165) is 4.70 Å². The average Bonchev–Trinajstić information content (AvgIpc) is 2.75. The molecule has 5 heteroatoms. The van der Waals surface area contributed by atoms with Gasteiger partial charge in [0.05, 0.1) is 10.3 Å². The van der Waals surface area contributed by atoms with Crippen LogP contribution in [0.4, 0.5) is 0 Å². The first-order valence-electron chi connectivity index (χ1n) is 5.12. The Morgan fingerprint density at radius 1 is 0.889 bits per heavy atom. The quantitative estimate of drug-likeness (QED) is 0.678. The molecule has 0 amide bonds. The van der Waals surface area contributed by atoms with Gasteiger partial charge in [0.1, 0.15) is 22.0 Å². The first-order chi connectivity index (χ1) is 8.25. The summed E-state index contributed by atoms with van der Waals surface area (Å²) < 4.78 is 0.906. The van der Waals surface area contributed by atoms with Gasteiger partial charge in [-0.25, -0.2) is 4.98 Å². The summed E-state index contributed by atoms with van der Waals surface area (Å²) in [5.41, 5.74) is 1.27. The van der Waals surface area contributed by atoms with Crippen LogP contribution in [-0.4, -0.2) is 15.2 Å². The molecule has 1 heterocycles. The van der Waals surface area contributed by atoms with Crippen molar-refractivity contribution in [1.82, 2.24) is 4.98 Å². The Morgan fingerprint density at radius 2 is 1.61 bits per heavy atom. The molecular formula is C13H9NO2SZn. The Morgan fingerprint density at radius 3 is 2.33 bits per heavy atom. The molecule has 0 saturated carbocycles. The van der Waals surface area contributed by atoms with Gasteiger partial charge >= 0.3 is 0 Å². The minimum atomic E-state index is 0. The van der Waals surface area contributed by atoms with Crippen LogP contribution in [0.1, 0.15) is 0 Å². The molecule has 0 atom stereocenters. The molecule has 0 unspecified atom stereocenters. The van der Waals surface area contributed by atoms with Gasteiger partial charge in [-0.05, 0) is 24.3 Å². The molecule has 0 aliphatic heterocycles. The second kappa shape index (κ2) is 5.04. The van der Waals surface area contributed by atoms with Gasteiger partial charge in [-0.1, -0.05) is 18.2 Å². The monoisotopic (exact) mass is 307 g/mol. The zero-order valence-electron chi connectivity index (χ0n) is 9.50. The Bertz CT molecular complexity index is 696. The van der Waals surface area contributed by atoms with Gasteiger partial charge in [0.15, 0.2) is 0 Å².